The summed E-state index contributed by atoms with van der Waals surface area (Å²) in [6, 6.07) is 6.61. The molecule has 4 rings (SSSR count). The third-order valence-electron chi connectivity index (χ3n) is 4.33. The number of rotatable bonds is 3. The fourth-order valence-electron chi connectivity index (χ4n) is 3.27. The molecule has 116 valence electrons. The summed E-state index contributed by atoms with van der Waals surface area (Å²) in [5.41, 5.74) is 2.43. The first kappa shape index (κ1) is 14.1. The van der Waals surface area contributed by atoms with Crippen LogP contribution in [0.1, 0.15) is 30.1 Å². The molecule has 0 radical (unpaired) electrons. The van der Waals surface area contributed by atoms with Crippen LogP contribution in [0, 0.1) is 0 Å². The number of fused-ring (bicyclic) bond motifs is 1. The number of nitrogens with zero attached hydrogens (tertiary/aromatic N) is 2. The minimum absolute atomic E-state index is 0.419. The summed E-state index contributed by atoms with van der Waals surface area (Å²) < 4.78 is 12.4. The van der Waals surface area contributed by atoms with E-state index in [1.54, 1.807) is 0 Å². The molecule has 2 aromatic rings. The quantitative estimate of drug-likeness (QED) is 0.908. The van der Waals surface area contributed by atoms with Crippen molar-refractivity contribution >= 4 is 15.9 Å². The van der Waals surface area contributed by atoms with Crippen molar-refractivity contribution in [2.75, 3.05) is 19.8 Å². The lowest BCUT2D eigenvalue weighted by atomic mass is 10.1. The van der Waals surface area contributed by atoms with Gasteiger partial charge in [0.25, 0.3) is 0 Å². The van der Waals surface area contributed by atoms with E-state index in [-0.39, 0.29) is 0 Å². The predicted molar refractivity (Wildman–Crippen MR) is 86.1 cm³/mol. The molecule has 1 fully saturated rings. The second-order valence-electron chi connectivity index (χ2n) is 5.73. The Kier molecular flexibility index (Phi) is 3.80. The van der Waals surface area contributed by atoms with E-state index < -0.39 is 0 Å². The Bertz CT molecular complexity index is 660. The molecule has 0 spiro atoms. The van der Waals surface area contributed by atoms with Gasteiger partial charge in [-0.3, -0.25) is 10.00 Å². The highest BCUT2D eigenvalue weighted by atomic mass is 79.9. The van der Waals surface area contributed by atoms with Crippen molar-refractivity contribution in [3.05, 3.63) is 40.1 Å². The zero-order valence-electron chi connectivity index (χ0n) is 12.2. The van der Waals surface area contributed by atoms with Crippen LogP contribution >= 0.6 is 15.9 Å². The van der Waals surface area contributed by atoms with E-state index in [2.05, 4.69) is 43.2 Å². The van der Waals surface area contributed by atoms with Crippen LogP contribution in [0.25, 0.3) is 0 Å². The molecule has 1 aromatic heterocycles. The van der Waals surface area contributed by atoms with E-state index in [4.69, 9.17) is 9.47 Å². The van der Waals surface area contributed by atoms with E-state index in [1.165, 1.54) is 24.1 Å². The molecule has 0 saturated carbocycles. The number of benzene rings is 1. The van der Waals surface area contributed by atoms with E-state index >= 15 is 0 Å². The van der Waals surface area contributed by atoms with E-state index in [9.17, 15) is 0 Å². The first-order valence-corrected chi connectivity index (χ1v) is 8.42. The van der Waals surface area contributed by atoms with Gasteiger partial charge in [-0.05, 0) is 43.1 Å². The highest BCUT2D eigenvalue weighted by Gasteiger charge is 2.28. The van der Waals surface area contributed by atoms with Gasteiger partial charge in [-0.1, -0.05) is 15.9 Å². The topological polar surface area (TPSA) is 50.4 Å². The van der Waals surface area contributed by atoms with Gasteiger partial charge in [0.15, 0.2) is 11.5 Å². The van der Waals surface area contributed by atoms with Gasteiger partial charge in [0.1, 0.15) is 13.2 Å². The summed E-state index contributed by atoms with van der Waals surface area (Å²) in [4.78, 5) is 2.49. The molecule has 22 heavy (non-hydrogen) atoms. The maximum absolute atomic E-state index is 5.70. The highest BCUT2D eigenvalue weighted by molar-refractivity contribution is 9.10. The molecule has 3 heterocycles. The van der Waals surface area contributed by atoms with E-state index in [0.717, 1.165) is 29.1 Å². The van der Waals surface area contributed by atoms with Crippen molar-refractivity contribution < 1.29 is 9.47 Å². The monoisotopic (exact) mass is 363 g/mol. The molecule has 5 nitrogen and oxygen atoms in total. The molecule has 1 saturated heterocycles. The summed E-state index contributed by atoms with van der Waals surface area (Å²) in [5.74, 6) is 1.68. The zero-order chi connectivity index (χ0) is 14.9. The fraction of sp³-hybridized carbons (Fsp3) is 0.438. The smallest absolute Gasteiger partial charge is 0.162 e. The average Bonchev–Trinajstić information content (AvgIpc) is 3.18. The molecule has 1 unspecified atom stereocenters. The van der Waals surface area contributed by atoms with E-state index in [0.29, 0.717) is 19.3 Å². The van der Waals surface area contributed by atoms with Crippen LogP contribution in [-0.4, -0.2) is 34.9 Å². The van der Waals surface area contributed by atoms with Gasteiger partial charge in [0, 0.05) is 17.2 Å². The fourth-order valence-corrected chi connectivity index (χ4v) is 3.71. The van der Waals surface area contributed by atoms with Crippen LogP contribution in [-0.2, 0) is 6.54 Å². The summed E-state index contributed by atoms with van der Waals surface area (Å²) in [6.07, 6.45) is 4.21. The first-order valence-electron chi connectivity index (χ1n) is 7.62. The van der Waals surface area contributed by atoms with Crippen molar-refractivity contribution in [3.8, 4) is 11.5 Å². The van der Waals surface area contributed by atoms with Gasteiger partial charge in [-0.15, -0.1) is 0 Å². The molecule has 0 bridgehead atoms. The number of hydrogen-bond acceptors (Lipinski definition) is 4. The maximum Gasteiger partial charge on any atom is 0.162 e. The van der Waals surface area contributed by atoms with Crippen LogP contribution < -0.4 is 9.47 Å². The molecule has 0 aliphatic carbocycles. The molecule has 0 amide bonds. The van der Waals surface area contributed by atoms with Gasteiger partial charge in [0.05, 0.1) is 11.7 Å². The number of ether oxygens (including phenoxy) is 2. The second kappa shape index (κ2) is 5.93. The third kappa shape index (κ3) is 2.61. The highest BCUT2D eigenvalue weighted by Crippen LogP contribution is 2.38. The minimum Gasteiger partial charge on any atom is -0.486 e. The lowest BCUT2D eigenvalue weighted by Gasteiger charge is -2.25. The second-order valence-corrected chi connectivity index (χ2v) is 6.58. The summed E-state index contributed by atoms with van der Waals surface area (Å²) >= 11 is 3.67. The third-order valence-corrected chi connectivity index (χ3v) is 5.07. The van der Waals surface area contributed by atoms with Gasteiger partial charge >= 0.3 is 0 Å². The van der Waals surface area contributed by atoms with E-state index in [1.807, 2.05) is 12.3 Å². The molecular weight excluding hydrogens is 346 g/mol. The maximum atomic E-state index is 5.70. The number of hydrogen-bond donors (Lipinski definition) is 1. The zero-order valence-corrected chi connectivity index (χ0v) is 13.8. The van der Waals surface area contributed by atoms with Crippen LogP contribution in [0.2, 0.25) is 0 Å². The number of nitrogens with one attached hydrogen (secondary N) is 1. The predicted octanol–water partition coefficient (Wildman–Crippen LogP) is 3.28. The normalized spacial score (nSPS) is 21.2. The SMILES string of the molecule is Brc1cc2c(cc1CN1CCCC1c1ccn[nH]1)OCCO2. The standard InChI is InChI=1S/C16H18BrN3O2/c17-12-9-16-15(21-6-7-22-16)8-11(12)10-20-5-1-2-14(20)13-3-4-18-19-13/h3-4,8-9,14H,1-2,5-7,10H2,(H,18,19). The number of likely N-dealkylation sites (tertiary alicyclic amines) is 1. The minimum atomic E-state index is 0.419. The Morgan fingerprint density at radius 3 is 2.86 bits per heavy atom. The number of aromatic amines is 1. The largest absolute Gasteiger partial charge is 0.486 e. The molecule has 1 N–H and O–H groups in total. The molecule has 2 aliphatic heterocycles. The first-order chi connectivity index (χ1) is 10.8. The number of halogens is 1. The van der Waals surface area contributed by atoms with Gasteiger partial charge in [-0.25, -0.2) is 0 Å². The van der Waals surface area contributed by atoms with Crippen molar-refractivity contribution in [2.24, 2.45) is 0 Å². The Morgan fingerprint density at radius 2 is 2.09 bits per heavy atom. The summed E-state index contributed by atoms with van der Waals surface area (Å²) in [5, 5.41) is 7.20. The van der Waals surface area contributed by atoms with Gasteiger partial charge < -0.3 is 9.47 Å². The molecule has 1 atom stereocenters. The summed E-state index contributed by atoms with van der Waals surface area (Å²) in [6.45, 7) is 3.23. The number of aromatic nitrogens is 2. The summed E-state index contributed by atoms with van der Waals surface area (Å²) in [7, 11) is 0. The van der Waals surface area contributed by atoms with Crippen molar-refractivity contribution in [1.82, 2.24) is 15.1 Å². The Labute approximate surface area is 137 Å². The molecule has 1 aromatic carbocycles. The lowest BCUT2D eigenvalue weighted by Crippen LogP contribution is -2.23. The molecule has 2 aliphatic rings. The van der Waals surface area contributed by atoms with Gasteiger partial charge in [0.2, 0.25) is 0 Å². The Balaban J connectivity index is 1.58. The molecular formula is C16H18BrN3O2. The van der Waals surface area contributed by atoms with Crippen LogP contribution in [0.4, 0.5) is 0 Å². The van der Waals surface area contributed by atoms with Crippen LogP contribution in [0.5, 0.6) is 11.5 Å². The van der Waals surface area contributed by atoms with Crippen LogP contribution in [0.15, 0.2) is 28.9 Å². The lowest BCUT2D eigenvalue weighted by molar-refractivity contribution is 0.170. The van der Waals surface area contributed by atoms with Crippen molar-refractivity contribution in [3.63, 3.8) is 0 Å². The molecule has 6 heteroatoms. The van der Waals surface area contributed by atoms with Crippen molar-refractivity contribution in [2.45, 2.75) is 25.4 Å². The van der Waals surface area contributed by atoms with Gasteiger partial charge in [-0.2, -0.15) is 5.10 Å². The van der Waals surface area contributed by atoms with Crippen molar-refractivity contribution in [1.29, 1.82) is 0 Å². The van der Waals surface area contributed by atoms with Crippen LogP contribution in [0.3, 0.4) is 0 Å². The number of H-pyrrole nitrogens is 1. The Morgan fingerprint density at radius 1 is 1.27 bits per heavy atom. The average molecular weight is 364 g/mol. The Hall–Kier alpha value is -1.53.